The van der Waals surface area contributed by atoms with Crippen LogP contribution in [0.4, 0.5) is 0 Å². The molecule has 0 saturated heterocycles. The summed E-state index contributed by atoms with van der Waals surface area (Å²) >= 11 is 2.21. The molecule has 2 nitrogen and oxygen atoms in total. The Bertz CT molecular complexity index is 385. The molecule has 0 atom stereocenters. The van der Waals surface area contributed by atoms with Crippen LogP contribution in [0.1, 0.15) is 18.9 Å². The van der Waals surface area contributed by atoms with Crippen molar-refractivity contribution in [1.29, 1.82) is 5.41 Å². The van der Waals surface area contributed by atoms with Crippen LogP contribution in [0.3, 0.4) is 0 Å². The van der Waals surface area contributed by atoms with Gasteiger partial charge in [0.25, 0.3) is 0 Å². The van der Waals surface area contributed by atoms with E-state index >= 15 is 0 Å². The Labute approximate surface area is 104 Å². The molecule has 0 aromatic heterocycles. The van der Waals surface area contributed by atoms with Crippen LogP contribution in [0, 0.1) is 8.98 Å². The van der Waals surface area contributed by atoms with Crippen LogP contribution in [0.15, 0.2) is 30.4 Å². The van der Waals surface area contributed by atoms with Gasteiger partial charge in [0.1, 0.15) is 5.75 Å². The summed E-state index contributed by atoms with van der Waals surface area (Å²) in [4.78, 5) is 0. The van der Waals surface area contributed by atoms with Crippen molar-refractivity contribution >= 4 is 28.3 Å². The Morgan fingerprint density at radius 1 is 1.53 bits per heavy atom. The highest BCUT2D eigenvalue weighted by Gasteiger charge is 2.03. The number of ether oxygens (including phenoxy) is 1. The number of methoxy groups -OCH3 is 1. The van der Waals surface area contributed by atoms with Crippen LogP contribution < -0.4 is 4.74 Å². The quantitative estimate of drug-likeness (QED) is 0.668. The molecule has 0 aliphatic heterocycles. The van der Waals surface area contributed by atoms with Crippen molar-refractivity contribution in [3.63, 3.8) is 0 Å². The van der Waals surface area contributed by atoms with Gasteiger partial charge in [-0.05, 0) is 53.3 Å². The average molecular weight is 315 g/mol. The smallest absolute Gasteiger partial charge is 0.132 e. The molecule has 0 radical (unpaired) electrons. The van der Waals surface area contributed by atoms with E-state index in [-0.39, 0.29) is 0 Å². The fourth-order valence-electron chi connectivity index (χ4n) is 1.17. The lowest BCUT2D eigenvalue weighted by Crippen LogP contribution is -1.96. The topological polar surface area (TPSA) is 33.1 Å². The van der Waals surface area contributed by atoms with Crippen molar-refractivity contribution < 1.29 is 4.74 Å². The second-order valence-electron chi connectivity index (χ2n) is 3.07. The van der Waals surface area contributed by atoms with Crippen LogP contribution in [-0.4, -0.2) is 12.8 Å². The fraction of sp³-hybridized carbons (Fsp3) is 0.250. The van der Waals surface area contributed by atoms with Gasteiger partial charge in [-0.2, -0.15) is 0 Å². The van der Waals surface area contributed by atoms with Gasteiger partial charge in [-0.3, -0.25) is 0 Å². The summed E-state index contributed by atoms with van der Waals surface area (Å²) in [5.41, 5.74) is 1.46. The zero-order valence-corrected chi connectivity index (χ0v) is 11.0. The van der Waals surface area contributed by atoms with Crippen LogP contribution in [-0.2, 0) is 0 Å². The number of rotatable bonds is 4. The summed E-state index contributed by atoms with van der Waals surface area (Å²) in [6.45, 7) is 2.06. The fourth-order valence-corrected chi connectivity index (χ4v) is 1.90. The number of allylic oxidation sites excluding steroid dienone is 2. The minimum Gasteiger partial charge on any atom is -0.496 e. The number of hydrogen-bond acceptors (Lipinski definition) is 2. The van der Waals surface area contributed by atoms with Crippen molar-refractivity contribution in [3.05, 3.63) is 39.5 Å². The number of halogens is 1. The molecule has 0 amide bonds. The number of hydrogen-bond donors (Lipinski definition) is 1. The van der Waals surface area contributed by atoms with Gasteiger partial charge in [0.2, 0.25) is 0 Å². The first-order chi connectivity index (χ1) is 7.19. The van der Waals surface area contributed by atoms with E-state index in [2.05, 4.69) is 29.5 Å². The van der Waals surface area contributed by atoms with E-state index < -0.39 is 0 Å². The highest BCUT2D eigenvalue weighted by Crippen LogP contribution is 2.21. The maximum atomic E-state index is 7.83. The third-order valence-corrected chi connectivity index (χ3v) is 2.83. The Kier molecular flexibility index (Phi) is 4.81. The first-order valence-electron chi connectivity index (χ1n) is 4.78. The Morgan fingerprint density at radius 3 is 2.80 bits per heavy atom. The van der Waals surface area contributed by atoms with Crippen LogP contribution in [0.5, 0.6) is 5.75 Å². The number of nitrogens with one attached hydrogen (secondary N) is 1. The molecule has 3 heteroatoms. The summed E-state index contributed by atoms with van der Waals surface area (Å²) in [5.74, 6) is 0.853. The molecule has 0 heterocycles. The molecule has 1 aromatic rings. The summed E-state index contributed by atoms with van der Waals surface area (Å²) in [6.07, 6.45) is 4.77. The predicted molar refractivity (Wildman–Crippen MR) is 72.0 cm³/mol. The van der Waals surface area contributed by atoms with Crippen molar-refractivity contribution in [1.82, 2.24) is 0 Å². The van der Waals surface area contributed by atoms with E-state index in [4.69, 9.17) is 10.1 Å². The van der Waals surface area contributed by atoms with Gasteiger partial charge < -0.3 is 10.1 Å². The molecular weight excluding hydrogens is 301 g/mol. The molecular formula is C12H14INO. The third kappa shape index (κ3) is 3.34. The van der Waals surface area contributed by atoms with Gasteiger partial charge in [0.15, 0.2) is 0 Å². The summed E-state index contributed by atoms with van der Waals surface area (Å²) in [5, 5.41) is 7.83. The molecule has 0 unspecified atom stereocenters. The van der Waals surface area contributed by atoms with Crippen molar-refractivity contribution in [3.8, 4) is 5.75 Å². The van der Waals surface area contributed by atoms with Gasteiger partial charge in [0, 0.05) is 5.56 Å². The molecule has 0 spiro atoms. The molecule has 0 fully saturated rings. The molecule has 0 bridgehead atoms. The standard InChI is InChI=1S/C12H14INO/c1-3-4-5-11(14)9-6-7-12(15-2)10(13)8-9/h4-8,14H,3H2,1-2H3/b5-4-,14-11?. The molecule has 1 rings (SSSR count). The van der Waals surface area contributed by atoms with E-state index in [1.165, 1.54) is 0 Å². The zero-order valence-electron chi connectivity index (χ0n) is 8.88. The molecule has 15 heavy (non-hydrogen) atoms. The average Bonchev–Trinajstić information content (AvgIpc) is 2.25. The highest BCUT2D eigenvalue weighted by molar-refractivity contribution is 14.1. The second kappa shape index (κ2) is 5.90. The molecule has 0 aliphatic rings. The van der Waals surface area contributed by atoms with Crippen molar-refractivity contribution in [2.75, 3.05) is 7.11 Å². The lowest BCUT2D eigenvalue weighted by Gasteiger charge is -2.05. The van der Waals surface area contributed by atoms with E-state index in [1.54, 1.807) is 7.11 Å². The van der Waals surface area contributed by atoms with Gasteiger partial charge in [-0.1, -0.05) is 13.0 Å². The summed E-state index contributed by atoms with van der Waals surface area (Å²) in [6, 6.07) is 5.76. The monoisotopic (exact) mass is 315 g/mol. The Morgan fingerprint density at radius 2 is 2.27 bits per heavy atom. The van der Waals surface area contributed by atoms with Crippen molar-refractivity contribution in [2.45, 2.75) is 13.3 Å². The molecule has 0 saturated carbocycles. The minimum atomic E-state index is 0.539. The molecule has 80 valence electrons. The Hall–Kier alpha value is -0.840. The van der Waals surface area contributed by atoms with Crippen LogP contribution >= 0.6 is 22.6 Å². The maximum Gasteiger partial charge on any atom is 0.132 e. The van der Waals surface area contributed by atoms with E-state index in [1.807, 2.05) is 30.4 Å². The van der Waals surface area contributed by atoms with Gasteiger partial charge >= 0.3 is 0 Å². The number of benzene rings is 1. The van der Waals surface area contributed by atoms with Crippen LogP contribution in [0.2, 0.25) is 0 Å². The zero-order chi connectivity index (χ0) is 11.3. The predicted octanol–water partition coefficient (Wildman–Crippen LogP) is 3.63. The normalized spacial score (nSPS) is 10.6. The first-order valence-corrected chi connectivity index (χ1v) is 5.86. The van der Waals surface area contributed by atoms with Gasteiger partial charge in [-0.15, -0.1) is 0 Å². The summed E-state index contributed by atoms with van der Waals surface area (Å²) in [7, 11) is 1.65. The van der Waals surface area contributed by atoms with E-state index in [0.29, 0.717) is 5.71 Å². The van der Waals surface area contributed by atoms with Crippen molar-refractivity contribution in [2.24, 2.45) is 0 Å². The van der Waals surface area contributed by atoms with E-state index in [9.17, 15) is 0 Å². The van der Waals surface area contributed by atoms with E-state index in [0.717, 1.165) is 21.3 Å². The summed E-state index contributed by atoms with van der Waals surface area (Å²) < 4.78 is 6.19. The van der Waals surface area contributed by atoms with Gasteiger partial charge in [-0.25, -0.2) is 0 Å². The molecule has 1 aromatic carbocycles. The maximum absolute atomic E-state index is 7.83. The first kappa shape index (κ1) is 12.2. The second-order valence-corrected chi connectivity index (χ2v) is 4.24. The van der Waals surface area contributed by atoms with Crippen LogP contribution in [0.25, 0.3) is 0 Å². The highest BCUT2D eigenvalue weighted by atomic mass is 127. The minimum absolute atomic E-state index is 0.539. The van der Waals surface area contributed by atoms with Gasteiger partial charge in [0.05, 0.1) is 16.4 Å². The largest absolute Gasteiger partial charge is 0.496 e. The Balaban J connectivity index is 2.92. The molecule has 0 aliphatic carbocycles. The SMILES string of the molecule is CC/C=C\C(=N)c1ccc(OC)c(I)c1. The molecule has 1 N–H and O–H groups in total. The lowest BCUT2D eigenvalue weighted by atomic mass is 10.1. The lowest BCUT2D eigenvalue weighted by molar-refractivity contribution is 0.412. The third-order valence-electron chi connectivity index (χ3n) is 1.98.